The molecule has 2 heterocycles. The number of nitrogens with zero attached hydrogens (tertiary/aromatic N) is 2. The first-order valence-corrected chi connectivity index (χ1v) is 18.7. The van der Waals surface area contributed by atoms with Gasteiger partial charge in [0, 0.05) is 32.0 Å². The summed E-state index contributed by atoms with van der Waals surface area (Å²) in [5.41, 5.74) is -3.22. The van der Waals surface area contributed by atoms with Crippen LogP contribution in [0.5, 0.6) is 0 Å². The van der Waals surface area contributed by atoms with Crippen LogP contribution in [0.3, 0.4) is 0 Å². The fraction of sp³-hybridized carbons (Fsp3) is 0.821. The zero-order chi connectivity index (χ0) is 38.2. The van der Waals surface area contributed by atoms with Crippen molar-refractivity contribution in [2.24, 2.45) is 39.4 Å². The predicted molar refractivity (Wildman–Crippen MR) is 196 cm³/mol. The molecule has 3 aliphatic carbocycles. The molecule has 7 atom stereocenters. The van der Waals surface area contributed by atoms with Crippen molar-refractivity contribution >= 4 is 41.4 Å². The van der Waals surface area contributed by atoms with Gasteiger partial charge in [0.1, 0.15) is 17.6 Å². The lowest BCUT2D eigenvalue weighted by Crippen LogP contribution is -2.63. The molecule has 292 valence electrons. The van der Waals surface area contributed by atoms with Crippen molar-refractivity contribution in [2.75, 3.05) is 13.1 Å². The van der Waals surface area contributed by atoms with E-state index >= 15 is 0 Å². The van der Waals surface area contributed by atoms with Gasteiger partial charge < -0.3 is 26.2 Å². The van der Waals surface area contributed by atoms with Crippen LogP contribution in [-0.4, -0.2) is 93.9 Å². The molecule has 7 amide bonds. The van der Waals surface area contributed by atoms with E-state index in [9.17, 15) is 33.6 Å². The van der Waals surface area contributed by atoms with Gasteiger partial charge >= 0.3 is 6.03 Å². The molecule has 0 aromatic rings. The van der Waals surface area contributed by atoms with Crippen LogP contribution < -0.4 is 21.3 Å². The van der Waals surface area contributed by atoms with E-state index in [1.54, 1.807) is 4.90 Å². The third kappa shape index (κ3) is 8.02. The van der Waals surface area contributed by atoms with Crippen LogP contribution in [0.4, 0.5) is 4.79 Å². The lowest BCUT2D eigenvalue weighted by atomic mass is 9.80. The van der Waals surface area contributed by atoms with Gasteiger partial charge in [0.25, 0.3) is 5.91 Å². The van der Waals surface area contributed by atoms with Gasteiger partial charge in [0.15, 0.2) is 0 Å². The zero-order valence-corrected chi connectivity index (χ0v) is 32.5. The number of carbonyl (C=O) groups is 7. The van der Waals surface area contributed by atoms with Crippen molar-refractivity contribution in [1.29, 1.82) is 0 Å². The van der Waals surface area contributed by atoms with Crippen molar-refractivity contribution in [1.82, 2.24) is 31.1 Å². The van der Waals surface area contributed by atoms with Crippen molar-refractivity contribution in [3.8, 4) is 0 Å². The molecule has 0 aromatic carbocycles. The minimum atomic E-state index is -1.28. The van der Waals surface area contributed by atoms with Gasteiger partial charge in [0.2, 0.25) is 29.4 Å². The molecular weight excluding hydrogens is 664 g/mol. The third-order valence-corrected chi connectivity index (χ3v) is 12.2. The molecule has 3 saturated carbocycles. The topological polar surface area (TPSA) is 174 Å². The molecule has 0 aromatic heterocycles. The maximum atomic E-state index is 14.5. The minimum absolute atomic E-state index is 0. The summed E-state index contributed by atoms with van der Waals surface area (Å²) in [6.45, 7) is 21.4. The quantitative estimate of drug-likeness (QED) is 0.186. The molecular formula is C39H64N6O7. The van der Waals surface area contributed by atoms with Crippen molar-refractivity contribution < 1.29 is 33.6 Å². The second-order valence-electron chi connectivity index (χ2n) is 19.5. The molecule has 0 radical (unpaired) electrons. The van der Waals surface area contributed by atoms with Crippen LogP contribution in [0.25, 0.3) is 0 Å². The summed E-state index contributed by atoms with van der Waals surface area (Å²) in [6.07, 6.45) is 3.12. The maximum Gasteiger partial charge on any atom is 0.315 e. The Bertz CT molecular complexity index is 1480. The number of rotatable bonds is 11. The van der Waals surface area contributed by atoms with Crippen LogP contribution in [0, 0.1) is 39.4 Å². The number of ketones is 1. The second kappa shape index (κ2) is 13.7. The Labute approximate surface area is 309 Å². The highest BCUT2D eigenvalue weighted by Crippen LogP contribution is 2.65. The Hall–Kier alpha value is -3.51. The van der Waals surface area contributed by atoms with Crippen LogP contribution in [-0.2, 0) is 28.8 Å². The number of carbonyl (C=O) groups excluding carboxylic acids is 7. The Morgan fingerprint density at radius 3 is 1.94 bits per heavy atom. The fourth-order valence-electron chi connectivity index (χ4n) is 8.38. The number of Topliss-reactive ketones (excluding diaryl/α,β-unsaturated/α-hetero) is 1. The first-order valence-electron chi connectivity index (χ1n) is 18.7. The summed E-state index contributed by atoms with van der Waals surface area (Å²) < 4.78 is 0. The minimum Gasteiger partial charge on any atom is -0.347 e. The summed E-state index contributed by atoms with van der Waals surface area (Å²) in [4.78, 5) is 97.5. The van der Waals surface area contributed by atoms with Gasteiger partial charge in [-0.1, -0.05) is 90.0 Å². The van der Waals surface area contributed by atoms with Crippen LogP contribution in [0.15, 0.2) is 0 Å². The van der Waals surface area contributed by atoms with Gasteiger partial charge in [-0.05, 0) is 58.7 Å². The fourth-order valence-corrected chi connectivity index (χ4v) is 8.38. The molecule has 5 fully saturated rings. The number of piperidine rings is 2. The first kappa shape index (κ1) is 41.2. The Morgan fingerprint density at radius 1 is 0.885 bits per heavy atom. The van der Waals surface area contributed by atoms with Crippen molar-refractivity contribution in [2.45, 2.75) is 152 Å². The number of hydrogen-bond donors (Lipinski definition) is 4. The second-order valence-corrected chi connectivity index (χ2v) is 19.5. The van der Waals surface area contributed by atoms with Gasteiger partial charge in [-0.15, -0.1) is 0 Å². The number of nitrogens with one attached hydrogen (secondary N) is 4. The molecule has 13 heteroatoms. The summed E-state index contributed by atoms with van der Waals surface area (Å²) in [7, 11) is 0. The summed E-state index contributed by atoms with van der Waals surface area (Å²) in [5.74, 6) is -2.97. The monoisotopic (exact) mass is 728 g/mol. The van der Waals surface area contributed by atoms with Gasteiger partial charge in [0.05, 0.1) is 6.04 Å². The average Bonchev–Trinajstić information content (AvgIpc) is 3.94. The smallest absolute Gasteiger partial charge is 0.315 e. The number of amides is 7. The highest BCUT2D eigenvalue weighted by molar-refractivity contribution is 6.41. The highest BCUT2D eigenvalue weighted by atomic mass is 16.2. The van der Waals surface area contributed by atoms with Crippen molar-refractivity contribution in [3.05, 3.63) is 0 Å². The molecule has 4 N–H and O–H groups in total. The summed E-state index contributed by atoms with van der Waals surface area (Å²) in [6, 6.07) is -3.14. The van der Waals surface area contributed by atoms with E-state index in [-0.39, 0.29) is 67.8 Å². The largest absolute Gasteiger partial charge is 0.347 e. The Morgan fingerprint density at radius 2 is 1.46 bits per heavy atom. The lowest BCUT2D eigenvalue weighted by Gasteiger charge is -2.41. The molecule has 5 aliphatic rings. The zero-order valence-electron chi connectivity index (χ0n) is 32.5. The molecule has 2 aliphatic heterocycles. The van der Waals surface area contributed by atoms with Crippen LogP contribution >= 0.6 is 0 Å². The number of imide groups is 1. The number of hydrogen-bond acceptors (Lipinski definition) is 7. The van der Waals surface area contributed by atoms with Crippen LogP contribution in [0.2, 0.25) is 0 Å². The number of fused-ring (bicyclic) bond motifs is 1. The molecule has 2 saturated heterocycles. The normalized spacial score (nSPS) is 29.9. The number of urea groups is 1. The van der Waals surface area contributed by atoms with E-state index in [4.69, 9.17) is 0 Å². The molecule has 0 spiro atoms. The summed E-state index contributed by atoms with van der Waals surface area (Å²) in [5, 5.41) is 11.6. The molecule has 0 bridgehead atoms. The highest BCUT2D eigenvalue weighted by Gasteiger charge is 2.71. The Kier molecular flexibility index (Phi) is 10.9. The lowest BCUT2D eigenvalue weighted by molar-refractivity contribution is -0.153. The van der Waals surface area contributed by atoms with Gasteiger partial charge in [-0.3, -0.25) is 33.7 Å². The van der Waals surface area contributed by atoms with Gasteiger partial charge in [-0.2, -0.15) is 0 Å². The maximum absolute atomic E-state index is 14.5. The van der Waals surface area contributed by atoms with Gasteiger partial charge in [-0.25, -0.2) is 4.79 Å². The van der Waals surface area contributed by atoms with E-state index in [2.05, 4.69) is 35.1 Å². The number of likely N-dealkylation sites (tertiary alicyclic amines) is 2. The Balaban J connectivity index is 0.00000605. The third-order valence-electron chi connectivity index (χ3n) is 12.2. The van der Waals surface area contributed by atoms with Crippen LogP contribution in [0.1, 0.15) is 122 Å². The van der Waals surface area contributed by atoms with E-state index < -0.39 is 69.4 Å². The molecule has 5 rings (SSSR count). The predicted octanol–water partition coefficient (Wildman–Crippen LogP) is 3.54. The molecule has 52 heavy (non-hydrogen) atoms. The van der Waals surface area contributed by atoms with E-state index in [0.29, 0.717) is 19.4 Å². The standard InChI is InChI=1S/C38H60N6O7.CH4/c1-12-20-15-38(20,29(47)31(49)39-21-13-14-21)42-30(48)27-26-22(37(26,10)11)18-44(27)32(50)28(35(5,6)7)41-33(51)40-23(34(2,3)4)19-43-24(45)16-36(8,9)17-25(43)46;/h20-23,26-28H,12-19H2,1-11H3,(H,39,49)(H,42,48)(H2,40,41,51);1H4/t20-,22-,23+,26-,27-,28+,38+;/m0./s1. The molecule has 13 nitrogen and oxygen atoms in total. The van der Waals surface area contributed by atoms with E-state index in [0.717, 1.165) is 12.8 Å². The average molecular weight is 729 g/mol. The van der Waals surface area contributed by atoms with Crippen molar-refractivity contribution in [3.63, 3.8) is 0 Å². The SMILES string of the molecule is C.CC[C@H]1C[C@]1(NC(=O)[C@@H]1[C@@H]2[C@H](CN1C(=O)[C@@H](NC(=O)N[C@H](CN1C(=O)CC(C)(C)CC1=O)C(C)(C)C)C(C)(C)C)C2(C)C)C(=O)C(=O)NC1CC1. The molecule has 0 unspecified atom stereocenters. The van der Waals surface area contributed by atoms with E-state index in [1.807, 2.05) is 62.3 Å². The summed E-state index contributed by atoms with van der Waals surface area (Å²) >= 11 is 0. The first-order chi connectivity index (χ1) is 23.3. The van der Waals surface area contributed by atoms with E-state index in [1.165, 1.54) is 4.90 Å².